The van der Waals surface area contributed by atoms with Crippen molar-refractivity contribution >= 4 is 17.2 Å². The molecule has 98 valence electrons. The Labute approximate surface area is 114 Å². The molecular formula is C13H12N2O3S. The van der Waals surface area contributed by atoms with Crippen molar-refractivity contribution in [3.63, 3.8) is 0 Å². The van der Waals surface area contributed by atoms with E-state index in [1.54, 1.807) is 24.4 Å². The van der Waals surface area contributed by atoms with E-state index in [9.17, 15) is 4.79 Å². The van der Waals surface area contributed by atoms with Crippen molar-refractivity contribution in [3.8, 4) is 11.5 Å². The van der Waals surface area contributed by atoms with Crippen LogP contribution in [0.3, 0.4) is 0 Å². The van der Waals surface area contributed by atoms with Gasteiger partial charge in [-0.3, -0.25) is 4.79 Å². The van der Waals surface area contributed by atoms with Gasteiger partial charge < -0.3 is 14.8 Å². The van der Waals surface area contributed by atoms with Crippen LogP contribution in [0.15, 0.2) is 29.8 Å². The summed E-state index contributed by atoms with van der Waals surface area (Å²) in [6.07, 6.45) is 1.73. The van der Waals surface area contributed by atoms with Crippen molar-refractivity contribution in [1.29, 1.82) is 0 Å². The molecule has 0 saturated heterocycles. The number of carbonyl (C=O) groups is 1. The molecule has 1 aliphatic heterocycles. The normalized spacial score (nSPS) is 14.2. The molecule has 3 rings (SSSR count). The van der Waals surface area contributed by atoms with Crippen LogP contribution < -0.4 is 14.8 Å². The van der Waals surface area contributed by atoms with E-state index in [-0.39, 0.29) is 18.7 Å². The van der Waals surface area contributed by atoms with E-state index in [2.05, 4.69) is 10.3 Å². The van der Waals surface area contributed by atoms with Gasteiger partial charge in [-0.2, -0.15) is 0 Å². The molecule has 5 nitrogen and oxygen atoms in total. The second-order valence-corrected chi connectivity index (χ2v) is 5.06. The van der Waals surface area contributed by atoms with E-state index in [0.29, 0.717) is 17.1 Å². The Balaban J connectivity index is 1.74. The first-order valence-corrected chi connectivity index (χ1v) is 6.72. The quantitative estimate of drug-likeness (QED) is 0.935. The van der Waals surface area contributed by atoms with Crippen LogP contribution in [0.1, 0.15) is 28.3 Å². The zero-order chi connectivity index (χ0) is 13.2. The van der Waals surface area contributed by atoms with Gasteiger partial charge in [0.2, 0.25) is 6.79 Å². The second kappa shape index (κ2) is 4.89. The number of benzene rings is 1. The van der Waals surface area contributed by atoms with Gasteiger partial charge in [-0.05, 0) is 25.1 Å². The van der Waals surface area contributed by atoms with Crippen molar-refractivity contribution in [2.24, 2.45) is 0 Å². The molecule has 19 heavy (non-hydrogen) atoms. The molecule has 1 atom stereocenters. The first-order chi connectivity index (χ1) is 9.24. The average Bonchev–Trinajstić information content (AvgIpc) is 3.09. The Bertz CT molecular complexity index is 598. The van der Waals surface area contributed by atoms with E-state index in [4.69, 9.17) is 9.47 Å². The van der Waals surface area contributed by atoms with Gasteiger partial charge in [0.25, 0.3) is 5.91 Å². The van der Waals surface area contributed by atoms with Crippen molar-refractivity contribution in [2.75, 3.05) is 6.79 Å². The van der Waals surface area contributed by atoms with Crippen LogP contribution in [0.25, 0.3) is 0 Å². The van der Waals surface area contributed by atoms with E-state index in [0.717, 1.165) is 5.01 Å². The van der Waals surface area contributed by atoms with Gasteiger partial charge >= 0.3 is 0 Å². The minimum atomic E-state index is -0.152. The zero-order valence-corrected chi connectivity index (χ0v) is 11.1. The molecule has 0 aliphatic carbocycles. The molecule has 1 aliphatic rings. The zero-order valence-electron chi connectivity index (χ0n) is 10.3. The molecular weight excluding hydrogens is 264 g/mol. The summed E-state index contributed by atoms with van der Waals surface area (Å²) in [6, 6.07) is 5.03. The highest BCUT2D eigenvalue weighted by atomic mass is 32.1. The molecule has 2 heterocycles. The van der Waals surface area contributed by atoms with Crippen LogP contribution in [0, 0.1) is 0 Å². The molecule has 0 fully saturated rings. The number of thiazole rings is 1. The lowest BCUT2D eigenvalue weighted by Crippen LogP contribution is -2.26. The third-order valence-corrected chi connectivity index (χ3v) is 3.76. The third-order valence-electron chi connectivity index (χ3n) is 2.80. The van der Waals surface area contributed by atoms with Crippen molar-refractivity contribution in [2.45, 2.75) is 13.0 Å². The fourth-order valence-corrected chi connectivity index (χ4v) is 2.47. The molecule has 1 aromatic heterocycles. The first kappa shape index (κ1) is 12.0. The van der Waals surface area contributed by atoms with Gasteiger partial charge in [-0.15, -0.1) is 11.3 Å². The maximum Gasteiger partial charge on any atom is 0.251 e. The lowest BCUT2D eigenvalue weighted by molar-refractivity contribution is 0.0939. The Morgan fingerprint density at radius 2 is 2.26 bits per heavy atom. The Kier molecular flexibility index (Phi) is 3.08. The summed E-state index contributed by atoms with van der Waals surface area (Å²) in [5.74, 6) is 1.13. The number of hydrogen-bond acceptors (Lipinski definition) is 5. The van der Waals surface area contributed by atoms with Crippen LogP contribution in [0.2, 0.25) is 0 Å². The number of nitrogens with one attached hydrogen (secondary N) is 1. The van der Waals surface area contributed by atoms with Crippen LogP contribution >= 0.6 is 11.3 Å². The summed E-state index contributed by atoms with van der Waals surface area (Å²) in [7, 11) is 0. The highest BCUT2D eigenvalue weighted by Gasteiger charge is 2.18. The number of fused-ring (bicyclic) bond motifs is 1. The number of nitrogens with zero attached hydrogens (tertiary/aromatic N) is 1. The summed E-state index contributed by atoms with van der Waals surface area (Å²) in [5.41, 5.74) is 0.549. The van der Waals surface area contributed by atoms with Crippen LogP contribution in [0.4, 0.5) is 0 Å². The fraction of sp³-hybridized carbons (Fsp3) is 0.231. The third kappa shape index (κ3) is 2.39. The van der Waals surface area contributed by atoms with Crippen LogP contribution in [-0.2, 0) is 0 Å². The molecule has 0 spiro atoms. The predicted octanol–water partition coefficient (Wildman–Crippen LogP) is 2.36. The molecule has 0 radical (unpaired) electrons. The van der Waals surface area contributed by atoms with E-state index >= 15 is 0 Å². The van der Waals surface area contributed by atoms with Gasteiger partial charge in [0.05, 0.1) is 6.04 Å². The Morgan fingerprint density at radius 1 is 1.42 bits per heavy atom. The maximum absolute atomic E-state index is 12.1. The smallest absolute Gasteiger partial charge is 0.251 e. The molecule has 0 saturated carbocycles. The summed E-state index contributed by atoms with van der Waals surface area (Å²) in [6.45, 7) is 2.11. The van der Waals surface area contributed by atoms with Gasteiger partial charge in [-0.25, -0.2) is 4.98 Å². The molecule has 2 aromatic rings. The average molecular weight is 276 g/mol. The maximum atomic E-state index is 12.1. The van der Waals surface area contributed by atoms with Crippen molar-refractivity contribution in [1.82, 2.24) is 10.3 Å². The van der Waals surface area contributed by atoms with Crippen molar-refractivity contribution < 1.29 is 14.3 Å². The number of ether oxygens (including phenoxy) is 2. The number of rotatable bonds is 3. The molecule has 1 amide bonds. The minimum Gasteiger partial charge on any atom is -0.454 e. The molecule has 0 unspecified atom stereocenters. The van der Waals surface area contributed by atoms with E-state index < -0.39 is 0 Å². The van der Waals surface area contributed by atoms with Gasteiger partial charge in [0.15, 0.2) is 11.5 Å². The highest BCUT2D eigenvalue weighted by molar-refractivity contribution is 7.09. The van der Waals surface area contributed by atoms with Crippen LogP contribution in [0.5, 0.6) is 11.5 Å². The summed E-state index contributed by atoms with van der Waals surface area (Å²) in [4.78, 5) is 16.3. The molecule has 6 heteroatoms. The van der Waals surface area contributed by atoms with E-state index in [1.807, 2.05) is 12.3 Å². The minimum absolute atomic E-state index is 0.113. The highest BCUT2D eigenvalue weighted by Crippen LogP contribution is 2.32. The SMILES string of the molecule is C[C@@H](NC(=O)c1ccc2c(c1)OCO2)c1nccs1. The summed E-state index contributed by atoms with van der Waals surface area (Å²) >= 11 is 1.52. The largest absolute Gasteiger partial charge is 0.454 e. The molecule has 1 N–H and O–H groups in total. The molecule has 1 aromatic carbocycles. The number of carbonyl (C=O) groups excluding carboxylic acids is 1. The monoisotopic (exact) mass is 276 g/mol. The van der Waals surface area contributed by atoms with Gasteiger partial charge in [-0.1, -0.05) is 0 Å². The Morgan fingerprint density at radius 3 is 3.05 bits per heavy atom. The lowest BCUT2D eigenvalue weighted by atomic mass is 10.2. The van der Waals surface area contributed by atoms with Crippen LogP contribution in [-0.4, -0.2) is 17.7 Å². The summed E-state index contributed by atoms with van der Waals surface area (Å²) < 4.78 is 10.5. The molecule has 0 bridgehead atoms. The number of hydrogen-bond donors (Lipinski definition) is 1. The van der Waals surface area contributed by atoms with E-state index in [1.165, 1.54) is 11.3 Å². The second-order valence-electron chi connectivity index (χ2n) is 4.13. The van der Waals surface area contributed by atoms with Gasteiger partial charge in [0.1, 0.15) is 5.01 Å². The van der Waals surface area contributed by atoms with Crippen molar-refractivity contribution in [3.05, 3.63) is 40.3 Å². The predicted molar refractivity (Wildman–Crippen MR) is 70.6 cm³/mol. The summed E-state index contributed by atoms with van der Waals surface area (Å²) in [5, 5.41) is 5.67. The van der Waals surface area contributed by atoms with Gasteiger partial charge in [0, 0.05) is 17.1 Å². The fourth-order valence-electron chi connectivity index (χ4n) is 1.83. The lowest BCUT2D eigenvalue weighted by Gasteiger charge is -2.11. The topological polar surface area (TPSA) is 60.5 Å². The number of aromatic nitrogens is 1. The standard InChI is InChI=1S/C13H12N2O3S/c1-8(13-14-4-5-19-13)15-12(16)9-2-3-10-11(6-9)18-7-17-10/h2-6,8H,7H2,1H3,(H,15,16)/t8-/m1/s1. The number of amides is 1. The Hall–Kier alpha value is -2.08. The first-order valence-electron chi connectivity index (χ1n) is 5.84.